The van der Waals surface area contributed by atoms with Crippen molar-refractivity contribution in [3.63, 3.8) is 0 Å². The predicted molar refractivity (Wildman–Crippen MR) is 51.9 cm³/mol. The number of nitrogens with zero attached hydrogens (tertiary/aromatic N) is 3. The topological polar surface area (TPSA) is 75.1 Å². The molecular formula is C9H9N3O2. The van der Waals surface area contributed by atoms with Gasteiger partial charge in [0.05, 0.1) is 18.4 Å². The summed E-state index contributed by atoms with van der Waals surface area (Å²) in [6.07, 6.45) is 0.613. The van der Waals surface area contributed by atoms with Crippen molar-refractivity contribution in [2.24, 2.45) is 5.11 Å². The quantitative estimate of drug-likeness (QED) is 0.319. The summed E-state index contributed by atoms with van der Waals surface area (Å²) in [5.41, 5.74) is 9.73. The lowest BCUT2D eigenvalue weighted by Crippen LogP contribution is -1.91. The van der Waals surface area contributed by atoms with Crippen molar-refractivity contribution in [1.82, 2.24) is 0 Å². The van der Waals surface area contributed by atoms with E-state index in [-0.39, 0.29) is 5.56 Å². The van der Waals surface area contributed by atoms with Crippen molar-refractivity contribution < 1.29 is 9.53 Å². The number of azide groups is 1. The van der Waals surface area contributed by atoms with Crippen LogP contribution in [0.15, 0.2) is 17.2 Å². The molecule has 0 aliphatic carbocycles. The van der Waals surface area contributed by atoms with E-state index in [4.69, 9.17) is 10.3 Å². The van der Waals surface area contributed by atoms with Crippen LogP contribution in [0, 0.1) is 6.92 Å². The van der Waals surface area contributed by atoms with Crippen LogP contribution in [0.4, 0.5) is 5.69 Å². The highest BCUT2D eigenvalue weighted by atomic mass is 16.5. The number of aldehydes is 1. The second-order valence-electron chi connectivity index (χ2n) is 2.71. The summed E-state index contributed by atoms with van der Waals surface area (Å²) in [4.78, 5) is 13.4. The number of carbonyl (C=O) groups excluding carboxylic acids is 1. The lowest BCUT2D eigenvalue weighted by molar-refractivity contribution is 0.112. The molecule has 0 aliphatic rings. The molecule has 0 fully saturated rings. The zero-order valence-corrected chi connectivity index (χ0v) is 7.89. The van der Waals surface area contributed by atoms with Crippen LogP contribution in [0.25, 0.3) is 10.4 Å². The monoisotopic (exact) mass is 191 g/mol. The Morgan fingerprint density at radius 2 is 2.29 bits per heavy atom. The van der Waals surface area contributed by atoms with Crippen molar-refractivity contribution in [1.29, 1.82) is 0 Å². The third-order valence-electron chi connectivity index (χ3n) is 1.75. The molecule has 14 heavy (non-hydrogen) atoms. The number of aryl methyl sites for hydroxylation is 1. The molecule has 0 radical (unpaired) electrons. The van der Waals surface area contributed by atoms with Gasteiger partial charge in [-0.2, -0.15) is 0 Å². The molecular weight excluding hydrogens is 182 g/mol. The van der Waals surface area contributed by atoms with Crippen molar-refractivity contribution in [2.75, 3.05) is 7.11 Å². The highest BCUT2D eigenvalue weighted by Gasteiger charge is 2.07. The van der Waals surface area contributed by atoms with E-state index in [2.05, 4.69) is 10.0 Å². The van der Waals surface area contributed by atoms with Gasteiger partial charge in [0.1, 0.15) is 5.75 Å². The molecule has 1 aromatic rings. The summed E-state index contributed by atoms with van der Waals surface area (Å²) >= 11 is 0. The van der Waals surface area contributed by atoms with Gasteiger partial charge in [0.2, 0.25) is 0 Å². The number of carbonyl (C=O) groups is 1. The fourth-order valence-corrected chi connectivity index (χ4v) is 1.16. The maximum absolute atomic E-state index is 10.7. The SMILES string of the molecule is COc1cc(C)cc(N=[N+]=[N-])c1C=O. The summed E-state index contributed by atoms with van der Waals surface area (Å²) < 4.78 is 4.99. The molecule has 5 nitrogen and oxygen atoms in total. The first-order valence-electron chi connectivity index (χ1n) is 3.92. The molecule has 0 amide bonds. The van der Waals surface area contributed by atoms with E-state index >= 15 is 0 Å². The molecule has 5 heteroatoms. The van der Waals surface area contributed by atoms with Gasteiger partial charge < -0.3 is 4.74 Å². The minimum Gasteiger partial charge on any atom is -0.496 e. The lowest BCUT2D eigenvalue weighted by atomic mass is 10.1. The summed E-state index contributed by atoms with van der Waals surface area (Å²) in [7, 11) is 1.46. The van der Waals surface area contributed by atoms with Crippen molar-refractivity contribution >= 4 is 12.0 Å². The molecule has 0 bridgehead atoms. The normalized spacial score (nSPS) is 9.00. The molecule has 72 valence electrons. The largest absolute Gasteiger partial charge is 0.496 e. The number of benzene rings is 1. The standard InChI is InChI=1S/C9H9N3O2/c1-6-3-8(11-12-10)7(5-13)9(4-6)14-2/h3-5H,1-2H3. The Bertz CT molecular complexity index is 409. The fourth-order valence-electron chi connectivity index (χ4n) is 1.16. The van der Waals surface area contributed by atoms with Gasteiger partial charge in [0.15, 0.2) is 6.29 Å². The average Bonchev–Trinajstić information content (AvgIpc) is 2.17. The van der Waals surface area contributed by atoms with Crippen LogP contribution in [-0.4, -0.2) is 13.4 Å². The Labute approximate surface area is 80.9 Å². The van der Waals surface area contributed by atoms with Gasteiger partial charge in [-0.3, -0.25) is 4.79 Å². The molecule has 0 spiro atoms. The zero-order chi connectivity index (χ0) is 10.6. The van der Waals surface area contributed by atoms with Crippen LogP contribution in [0.3, 0.4) is 0 Å². The Morgan fingerprint density at radius 1 is 1.57 bits per heavy atom. The maximum atomic E-state index is 10.7. The minimum absolute atomic E-state index is 0.274. The highest BCUT2D eigenvalue weighted by molar-refractivity contribution is 5.87. The number of rotatable bonds is 3. The Kier molecular flexibility index (Phi) is 3.09. The molecule has 0 N–H and O–H groups in total. The maximum Gasteiger partial charge on any atom is 0.154 e. The van der Waals surface area contributed by atoms with E-state index in [0.29, 0.717) is 17.7 Å². The first kappa shape index (κ1) is 10.1. The van der Waals surface area contributed by atoms with Gasteiger partial charge in [-0.25, -0.2) is 0 Å². The Balaban J connectivity index is 3.46. The van der Waals surface area contributed by atoms with Crippen LogP contribution in [-0.2, 0) is 0 Å². The number of methoxy groups -OCH3 is 1. The molecule has 0 heterocycles. The number of hydrogen-bond acceptors (Lipinski definition) is 3. The van der Waals surface area contributed by atoms with Crippen molar-refractivity contribution in [3.8, 4) is 5.75 Å². The minimum atomic E-state index is 0.274. The first-order valence-corrected chi connectivity index (χ1v) is 3.92. The summed E-state index contributed by atoms with van der Waals surface area (Å²) in [5, 5.41) is 3.42. The molecule has 0 atom stereocenters. The molecule has 0 aromatic heterocycles. The Hall–Kier alpha value is -2.00. The van der Waals surface area contributed by atoms with E-state index < -0.39 is 0 Å². The van der Waals surface area contributed by atoms with Crippen LogP contribution in [0.1, 0.15) is 15.9 Å². The summed E-state index contributed by atoms with van der Waals surface area (Å²) in [6, 6.07) is 3.34. The zero-order valence-electron chi connectivity index (χ0n) is 7.89. The average molecular weight is 191 g/mol. The van der Waals surface area contributed by atoms with E-state index in [1.54, 1.807) is 12.1 Å². The molecule has 0 unspecified atom stereocenters. The summed E-state index contributed by atoms with van der Waals surface area (Å²) in [6.45, 7) is 1.83. The first-order chi connectivity index (χ1) is 6.72. The predicted octanol–water partition coefficient (Wildman–Crippen LogP) is 2.76. The molecule has 0 saturated heterocycles. The fraction of sp³-hybridized carbons (Fsp3) is 0.222. The van der Waals surface area contributed by atoms with E-state index in [9.17, 15) is 4.79 Å². The van der Waals surface area contributed by atoms with Gasteiger partial charge in [-0.1, -0.05) is 5.11 Å². The Morgan fingerprint density at radius 3 is 2.79 bits per heavy atom. The second-order valence-corrected chi connectivity index (χ2v) is 2.71. The highest BCUT2D eigenvalue weighted by Crippen LogP contribution is 2.29. The van der Waals surface area contributed by atoms with Crippen LogP contribution in [0.5, 0.6) is 5.75 Å². The van der Waals surface area contributed by atoms with Crippen LogP contribution < -0.4 is 4.74 Å². The van der Waals surface area contributed by atoms with Crippen LogP contribution >= 0.6 is 0 Å². The lowest BCUT2D eigenvalue weighted by Gasteiger charge is -2.06. The number of hydrogen-bond donors (Lipinski definition) is 0. The third-order valence-corrected chi connectivity index (χ3v) is 1.75. The molecule has 1 aromatic carbocycles. The molecule has 1 rings (SSSR count). The van der Waals surface area contributed by atoms with Gasteiger partial charge >= 0.3 is 0 Å². The van der Waals surface area contributed by atoms with Gasteiger partial charge in [-0.15, -0.1) is 0 Å². The van der Waals surface area contributed by atoms with E-state index in [1.165, 1.54) is 7.11 Å². The van der Waals surface area contributed by atoms with E-state index in [1.807, 2.05) is 6.92 Å². The smallest absolute Gasteiger partial charge is 0.154 e. The molecule has 0 saturated carbocycles. The second kappa shape index (κ2) is 4.30. The van der Waals surface area contributed by atoms with Gasteiger partial charge in [0.25, 0.3) is 0 Å². The summed E-state index contributed by atoms with van der Waals surface area (Å²) in [5.74, 6) is 0.419. The van der Waals surface area contributed by atoms with E-state index in [0.717, 1.165) is 5.56 Å². The van der Waals surface area contributed by atoms with Gasteiger partial charge in [0, 0.05) is 4.91 Å². The third kappa shape index (κ3) is 1.84. The van der Waals surface area contributed by atoms with Crippen molar-refractivity contribution in [3.05, 3.63) is 33.7 Å². The van der Waals surface area contributed by atoms with Crippen LogP contribution in [0.2, 0.25) is 0 Å². The van der Waals surface area contributed by atoms with Crippen molar-refractivity contribution in [2.45, 2.75) is 6.92 Å². The van der Waals surface area contributed by atoms with Gasteiger partial charge in [-0.05, 0) is 30.2 Å². The molecule has 0 aliphatic heterocycles. The number of ether oxygens (including phenoxy) is 1.